The minimum absolute atomic E-state index is 0.191. The van der Waals surface area contributed by atoms with Crippen LogP contribution in [0.3, 0.4) is 0 Å². The van der Waals surface area contributed by atoms with Gasteiger partial charge in [-0.1, -0.05) is 23.8 Å². The van der Waals surface area contributed by atoms with Crippen molar-refractivity contribution in [1.29, 1.82) is 0 Å². The van der Waals surface area contributed by atoms with Gasteiger partial charge in [0, 0.05) is 0 Å². The molecule has 0 aromatic rings. The number of allylic oxidation sites excluding steroid dienone is 2. The zero-order chi connectivity index (χ0) is 7.84. The molecule has 0 radical (unpaired) electrons. The van der Waals surface area contributed by atoms with Crippen LogP contribution in [0.5, 0.6) is 0 Å². The summed E-state index contributed by atoms with van der Waals surface area (Å²) in [6.45, 7) is 4.18. The average molecular weight is 151 g/mol. The van der Waals surface area contributed by atoms with Crippen LogP contribution in [0.25, 0.3) is 0 Å². The molecule has 0 saturated carbocycles. The van der Waals surface area contributed by atoms with Gasteiger partial charge < -0.3 is 4.74 Å². The lowest BCUT2D eigenvalue weighted by molar-refractivity contribution is 0.0755. The summed E-state index contributed by atoms with van der Waals surface area (Å²) in [5.74, 6) is 0. The predicted molar refractivity (Wildman–Crippen MR) is 44.2 cm³/mol. The highest BCUT2D eigenvalue weighted by molar-refractivity contribution is 5.27. The van der Waals surface area contributed by atoms with Gasteiger partial charge in [0.05, 0.1) is 12.1 Å². The van der Waals surface area contributed by atoms with Gasteiger partial charge in [-0.2, -0.15) is 0 Å². The highest BCUT2D eigenvalue weighted by Gasteiger charge is 2.32. The van der Waals surface area contributed by atoms with Gasteiger partial charge in [0.2, 0.25) is 0 Å². The zero-order valence-electron chi connectivity index (χ0n) is 6.87. The molecule has 1 fully saturated rings. The van der Waals surface area contributed by atoms with Gasteiger partial charge in [0.25, 0.3) is 0 Å². The monoisotopic (exact) mass is 151 g/mol. The minimum Gasteiger partial charge on any atom is -0.354 e. The molecular formula is C9H13NO. The van der Waals surface area contributed by atoms with E-state index in [1.807, 2.05) is 6.92 Å². The van der Waals surface area contributed by atoms with E-state index in [-0.39, 0.29) is 12.3 Å². The fourth-order valence-electron chi connectivity index (χ4n) is 1.67. The van der Waals surface area contributed by atoms with E-state index in [9.17, 15) is 0 Å². The van der Waals surface area contributed by atoms with Gasteiger partial charge in [-0.3, -0.25) is 5.32 Å². The molecule has 2 nitrogen and oxygen atoms in total. The van der Waals surface area contributed by atoms with Gasteiger partial charge in [0.15, 0.2) is 0 Å². The van der Waals surface area contributed by atoms with Crippen molar-refractivity contribution >= 4 is 0 Å². The largest absolute Gasteiger partial charge is 0.354 e. The normalized spacial score (nSPS) is 42.0. The van der Waals surface area contributed by atoms with Gasteiger partial charge in [-0.05, 0) is 13.8 Å². The van der Waals surface area contributed by atoms with Crippen LogP contribution in [0.15, 0.2) is 23.8 Å². The second-order valence-corrected chi connectivity index (χ2v) is 3.18. The van der Waals surface area contributed by atoms with Crippen molar-refractivity contribution in [3.8, 4) is 0 Å². The van der Waals surface area contributed by atoms with Crippen LogP contribution in [0.2, 0.25) is 0 Å². The Hall–Kier alpha value is -0.600. The molecule has 1 heterocycles. The first-order chi connectivity index (χ1) is 5.27. The molecule has 2 rings (SSSR count). The van der Waals surface area contributed by atoms with E-state index in [0.29, 0.717) is 6.04 Å². The molecule has 0 aromatic heterocycles. The quantitative estimate of drug-likeness (QED) is 0.561. The van der Waals surface area contributed by atoms with Crippen molar-refractivity contribution in [1.82, 2.24) is 5.32 Å². The number of ether oxygens (including phenoxy) is 1. The lowest BCUT2D eigenvalue weighted by Crippen LogP contribution is -2.33. The molecule has 60 valence electrons. The third-order valence-electron chi connectivity index (χ3n) is 2.25. The summed E-state index contributed by atoms with van der Waals surface area (Å²) in [5, 5.41) is 3.36. The van der Waals surface area contributed by atoms with Crippen molar-refractivity contribution in [3.63, 3.8) is 0 Å². The minimum atomic E-state index is 0.191. The van der Waals surface area contributed by atoms with E-state index >= 15 is 0 Å². The Balaban J connectivity index is 2.21. The maximum Gasteiger partial charge on any atom is 0.106 e. The first-order valence-electron chi connectivity index (χ1n) is 4.04. The summed E-state index contributed by atoms with van der Waals surface area (Å²) in [4.78, 5) is 0. The Morgan fingerprint density at radius 1 is 1.55 bits per heavy atom. The molecule has 11 heavy (non-hydrogen) atoms. The van der Waals surface area contributed by atoms with E-state index in [1.54, 1.807) is 0 Å². The Morgan fingerprint density at radius 3 is 3.09 bits per heavy atom. The second-order valence-electron chi connectivity index (χ2n) is 3.18. The van der Waals surface area contributed by atoms with Crippen LogP contribution in [-0.2, 0) is 4.74 Å². The van der Waals surface area contributed by atoms with Crippen LogP contribution in [0.1, 0.15) is 13.8 Å². The first-order valence-corrected chi connectivity index (χ1v) is 4.04. The molecule has 3 atom stereocenters. The summed E-state index contributed by atoms with van der Waals surface area (Å²) >= 11 is 0. The molecule has 1 N–H and O–H groups in total. The van der Waals surface area contributed by atoms with Crippen LogP contribution >= 0.6 is 0 Å². The average Bonchev–Trinajstić information content (AvgIpc) is 2.31. The summed E-state index contributed by atoms with van der Waals surface area (Å²) in [7, 11) is 0. The summed E-state index contributed by atoms with van der Waals surface area (Å²) in [6.07, 6.45) is 6.76. The summed E-state index contributed by atoms with van der Waals surface area (Å²) in [5.41, 5.74) is 1.36. The van der Waals surface area contributed by atoms with Gasteiger partial charge >= 0.3 is 0 Å². The SMILES string of the molecule is CC1=CC=CC2OC(C)NC12. The fraction of sp³-hybridized carbons (Fsp3) is 0.556. The Kier molecular flexibility index (Phi) is 1.59. The zero-order valence-corrected chi connectivity index (χ0v) is 6.87. The standard InChI is InChI=1S/C9H13NO/c1-6-4-3-5-8-9(6)10-7(2)11-8/h3-5,7-10H,1-2H3. The Labute approximate surface area is 66.9 Å². The van der Waals surface area contributed by atoms with Crippen molar-refractivity contribution in [2.45, 2.75) is 32.2 Å². The number of fused-ring (bicyclic) bond motifs is 1. The molecule has 0 bridgehead atoms. The molecule has 2 heteroatoms. The van der Waals surface area contributed by atoms with E-state index in [4.69, 9.17) is 4.74 Å². The second kappa shape index (κ2) is 2.47. The molecule has 1 aliphatic carbocycles. The number of hydrogen-bond acceptors (Lipinski definition) is 2. The topological polar surface area (TPSA) is 21.3 Å². The van der Waals surface area contributed by atoms with E-state index in [1.165, 1.54) is 5.57 Å². The predicted octanol–water partition coefficient (Wildman–Crippen LogP) is 1.21. The highest BCUT2D eigenvalue weighted by atomic mass is 16.5. The molecule has 2 aliphatic rings. The first kappa shape index (κ1) is 7.07. The highest BCUT2D eigenvalue weighted by Crippen LogP contribution is 2.22. The smallest absolute Gasteiger partial charge is 0.106 e. The van der Waals surface area contributed by atoms with Crippen LogP contribution in [-0.4, -0.2) is 18.4 Å². The van der Waals surface area contributed by atoms with Crippen LogP contribution in [0, 0.1) is 0 Å². The third kappa shape index (κ3) is 1.12. The fourth-order valence-corrected chi connectivity index (χ4v) is 1.67. The molecule has 1 aliphatic heterocycles. The van der Waals surface area contributed by atoms with Crippen molar-refractivity contribution in [2.75, 3.05) is 0 Å². The van der Waals surface area contributed by atoms with Crippen LogP contribution < -0.4 is 5.32 Å². The molecule has 0 spiro atoms. The van der Waals surface area contributed by atoms with E-state index in [2.05, 4.69) is 30.5 Å². The van der Waals surface area contributed by atoms with Crippen LogP contribution in [0.4, 0.5) is 0 Å². The van der Waals surface area contributed by atoms with Crippen molar-refractivity contribution in [2.24, 2.45) is 0 Å². The molecular weight excluding hydrogens is 138 g/mol. The number of hydrogen-bond donors (Lipinski definition) is 1. The third-order valence-corrected chi connectivity index (χ3v) is 2.25. The summed E-state index contributed by atoms with van der Waals surface area (Å²) < 4.78 is 5.60. The van der Waals surface area contributed by atoms with E-state index in [0.717, 1.165) is 0 Å². The number of nitrogens with one attached hydrogen (secondary N) is 1. The molecule has 3 unspecified atom stereocenters. The maximum absolute atomic E-state index is 5.60. The van der Waals surface area contributed by atoms with Gasteiger partial charge in [-0.25, -0.2) is 0 Å². The lowest BCUT2D eigenvalue weighted by atomic mass is 9.99. The Morgan fingerprint density at radius 2 is 2.36 bits per heavy atom. The van der Waals surface area contributed by atoms with E-state index < -0.39 is 0 Å². The molecule has 0 amide bonds. The maximum atomic E-state index is 5.60. The van der Waals surface area contributed by atoms with Crippen molar-refractivity contribution < 1.29 is 4.74 Å². The van der Waals surface area contributed by atoms with Gasteiger partial charge in [0.1, 0.15) is 6.23 Å². The molecule has 0 aromatic carbocycles. The molecule has 1 saturated heterocycles. The number of rotatable bonds is 0. The Bertz CT molecular complexity index is 220. The van der Waals surface area contributed by atoms with Gasteiger partial charge in [-0.15, -0.1) is 0 Å². The lowest BCUT2D eigenvalue weighted by Gasteiger charge is -2.18. The van der Waals surface area contributed by atoms with Crippen molar-refractivity contribution in [3.05, 3.63) is 23.8 Å². The summed E-state index contributed by atoms with van der Waals surface area (Å²) in [6, 6.07) is 0.412.